The van der Waals surface area contributed by atoms with Gasteiger partial charge in [0.05, 0.1) is 18.8 Å². The summed E-state index contributed by atoms with van der Waals surface area (Å²) in [6.45, 7) is 8.34. The number of H-pyrrole nitrogens is 1. The number of aryl methyl sites for hydroxylation is 1. The van der Waals surface area contributed by atoms with Gasteiger partial charge in [0.15, 0.2) is 0 Å². The Bertz CT molecular complexity index is 739. The van der Waals surface area contributed by atoms with Gasteiger partial charge in [0, 0.05) is 31.3 Å². The lowest BCUT2D eigenvalue weighted by atomic mass is 9.93. The Hall–Kier alpha value is -1.93. The highest BCUT2D eigenvalue weighted by molar-refractivity contribution is 5.15. The highest BCUT2D eigenvalue weighted by Crippen LogP contribution is 2.22. The van der Waals surface area contributed by atoms with Crippen molar-refractivity contribution < 1.29 is 5.11 Å². The van der Waals surface area contributed by atoms with Gasteiger partial charge < -0.3 is 5.11 Å². The summed E-state index contributed by atoms with van der Waals surface area (Å²) in [4.78, 5) is 14.1. The first-order chi connectivity index (χ1) is 12.1. The van der Waals surface area contributed by atoms with Gasteiger partial charge in [-0.05, 0) is 45.7 Å². The quantitative estimate of drug-likeness (QED) is 0.762. The van der Waals surface area contributed by atoms with E-state index in [0.29, 0.717) is 19.0 Å². The fraction of sp³-hybridized carbons (Fsp3) is 0.706. The van der Waals surface area contributed by atoms with Crippen molar-refractivity contribution in [1.82, 2.24) is 29.4 Å². The second-order valence-corrected chi connectivity index (χ2v) is 6.84. The standard InChI is InChI=1S/C17H28N6O2/c1-3-23-16(18-19-17(23)25)10-14-4-6-21(7-5-14)11-15-12-22(8-9-24)20-13(15)2/h12,14,24H,3-11H2,1-2H3,(H,19,25). The van der Waals surface area contributed by atoms with Crippen LogP contribution in [0.5, 0.6) is 0 Å². The molecule has 0 unspecified atom stereocenters. The van der Waals surface area contributed by atoms with Gasteiger partial charge in [-0.25, -0.2) is 9.89 Å². The van der Waals surface area contributed by atoms with Gasteiger partial charge in [0.25, 0.3) is 0 Å². The predicted octanol–water partition coefficient (Wildman–Crippen LogP) is 0.543. The molecule has 0 saturated carbocycles. The minimum absolute atomic E-state index is 0.106. The normalized spacial score (nSPS) is 16.6. The molecule has 3 rings (SSSR count). The van der Waals surface area contributed by atoms with E-state index in [-0.39, 0.29) is 12.3 Å². The van der Waals surface area contributed by atoms with Crippen molar-refractivity contribution in [2.24, 2.45) is 5.92 Å². The number of hydrogen-bond acceptors (Lipinski definition) is 5. The molecule has 8 heteroatoms. The number of piperidine rings is 1. The summed E-state index contributed by atoms with van der Waals surface area (Å²) in [5.74, 6) is 1.46. The molecule has 1 aliphatic heterocycles. The van der Waals surface area contributed by atoms with E-state index in [1.54, 1.807) is 4.57 Å². The van der Waals surface area contributed by atoms with Gasteiger partial charge >= 0.3 is 5.69 Å². The summed E-state index contributed by atoms with van der Waals surface area (Å²) in [6.07, 6.45) is 5.15. The van der Waals surface area contributed by atoms with E-state index in [2.05, 4.69) is 20.2 Å². The van der Waals surface area contributed by atoms with Crippen molar-refractivity contribution in [1.29, 1.82) is 0 Å². The van der Waals surface area contributed by atoms with Crippen molar-refractivity contribution in [3.8, 4) is 0 Å². The third-order valence-electron chi connectivity index (χ3n) is 5.10. The number of nitrogens with zero attached hydrogens (tertiary/aromatic N) is 5. The number of aromatic nitrogens is 5. The number of aliphatic hydroxyl groups excluding tert-OH is 1. The van der Waals surface area contributed by atoms with E-state index >= 15 is 0 Å². The first-order valence-electron chi connectivity index (χ1n) is 9.11. The molecular formula is C17H28N6O2. The van der Waals surface area contributed by atoms with Gasteiger partial charge in [-0.2, -0.15) is 10.2 Å². The van der Waals surface area contributed by atoms with Crippen molar-refractivity contribution in [2.45, 2.75) is 52.7 Å². The second-order valence-electron chi connectivity index (χ2n) is 6.84. The summed E-state index contributed by atoms with van der Waals surface area (Å²) in [5, 5.41) is 20.2. The van der Waals surface area contributed by atoms with E-state index in [0.717, 1.165) is 50.4 Å². The molecule has 0 aromatic carbocycles. The van der Waals surface area contributed by atoms with Crippen LogP contribution in [0.15, 0.2) is 11.0 Å². The Labute approximate surface area is 147 Å². The highest BCUT2D eigenvalue weighted by Gasteiger charge is 2.22. The van der Waals surface area contributed by atoms with E-state index in [4.69, 9.17) is 5.11 Å². The first kappa shape index (κ1) is 17.9. The Morgan fingerprint density at radius 2 is 2.12 bits per heavy atom. The van der Waals surface area contributed by atoms with Crippen molar-refractivity contribution in [3.05, 3.63) is 33.8 Å². The smallest absolute Gasteiger partial charge is 0.343 e. The molecule has 0 bridgehead atoms. The zero-order valence-electron chi connectivity index (χ0n) is 15.1. The molecular weight excluding hydrogens is 320 g/mol. The molecule has 8 nitrogen and oxygen atoms in total. The summed E-state index contributed by atoms with van der Waals surface area (Å²) < 4.78 is 3.55. The van der Waals surface area contributed by atoms with Crippen LogP contribution >= 0.6 is 0 Å². The molecule has 2 aromatic heterocycles. The summed E-state index contributed by atoms with van der Waals surface area (Å²) in [7, 11) is 0. The predicted molar refractivity (Wildman–Crippen MR) is 94.3 cm³/mol. The average Bonchev–Trinajstić information content (AvgIpc) is 3.12. The van der Waals surface area contributed by atoms with Crippen LogP contribution in [-0.2, 0) is 26.1 Å². The number of aromatic amines is 1. The van der Waals surface area contributed by atoms with Crippen LogP contribution in [0.3, 0.4) is 0 Å². The molecule has 1 aliphatic rings. The van der Waals surface area contributed by atoms with E-state index in [1.807, 2.05) is 24.7 Å². The van der Waals surface area contributed by atoms with Crippen LogP contribution in [0.25, 0.3) is 0 Å². The number of rotatable bonds is 7. The lowest BCUT2D eigenvalue weighted by Crippen LogP contribution is -2.34. The fourth-order valence-corrected chi connectivity index (χ4v) is 3.61. The molecule has 0 aliphatic carbocycles. The minimum Gasteiger partial charge on any atom is -0.394 e. The average molecular weight is 348 g/mol. The molecule has 2 N–H and O–H groups in total. The Morgan fingerprint density at radius 3 is 2.80 bits per heavy atom. The van der Waals surface area contributed by atoms with Gasteiger partial charge in [-0.1, -0.05) is 0 Å². The Morgan fingerprint density at radius 1 is 1.36 bits per heavy atom. The molecule has 0 radical (unpaired) electrons. The summed E-state index contributed by atoms with van der Waals surface area (Å²) in [5.41, 5.74) is 2.17. The lowest BCUT2D eigenvalue weighted by molar-refractivity contribution is 0.175. The maximum Gasteiger partial charge on any atom is 0.343 e. The van der Waals surface area contributed by atoms with E-state index in [1.165, 1.54) is 5.56 Å². The molecule has 1 fully saturated rings. The molecule has 25 heavy (non-hydrogen) atoms. The fourth-order valence-electron chi connectivity index (χ4n) is 3.61. The van der Waals surface area contributed by atoms with Crippen LogP contribution in [0.2, 0.25) is 0 Å². The summed E-state index contributed by atoms with van der Waals surface area (Å²) >= 11 is 0. The van der Waals surface area contributed by atoms with Gasteiger partial charge in [0.2, 0.25) is 0 Å². The first-order valence-corrected chi connectivity index (χ1v) is 9.11. The molecule has 1 saturated heterocycles. The van der Waals surface area contributed by atoms with Crippen LogP contribution in [-0.4, -0.2) is 54.2 Å². The van der Waals surface area contributed by atoms with Crippen LogP contribution < -0.4 is 5.69 Å². The van der Waals surface area contributed by atoms with E-state index < -0.39 is 0 Å². The van der Waals surface area contributed by atoms with E-state index in [9.17, 15) is 4.79 Å². The summed E-state index contributed by atoms with van der Waals surface area (Å²) in [6, 6.07) is 0. The van der Waals surface area contributed by atoms with Crippen LogP contribution in [0, 0.1) is 12.8 Å². The maximum absolute atomic E-state index is 11.7. The van der Waals surface area contributed by atoms with Gasteiger partial charge in [-0.3, -0.25) is 14.1 Å². The molecule has 0 amide bonds. The largest absolute Gasteiger partial charge is 0.394 e. The number of nitrogens with one attached hydrogen (secondary N) is 1. The van der Waals surface area contributed by atoms with Crippen LogP contribution in [0.1, 0.15) is 36.8 Å². The monoisotopic (exact) mass is 348 g/mol. The lowest BCUT2D eigenvalue weighted by Gasteiger charge is -2.31. The molecule has 138 valence electrons. The van der Waals surface area contributed by atoms with Gasteiger partial charge in [-0.15, -0.1) is 0 Å². The highest BCUT2D eigenvalue weighted by atomic mass is 16.3. The Balaban J connectivity index is 1.52. The minimum atomic E-state index is -0.106. The molecule has 2 aromatic rings. The molecule has 3 heterocycles. The van der Waals surface area contributed by atoms with Gasteiger partial charge in [0.1, 0.15) is 5.82 Å². The van der Waals surface area contributed by atoms with Crippen molar-refractivity contribution in [3.63, 3.8) is 0 Å². The van der Waals surface area contributed by atoms with Crippen LogP contribution in [0.4, 0.5) is 0 Å². The molecule has 0 spiro atoms. The Kier molecular flexibility index (Phi) is 5.70. The topological polar surface area (TPSA) is 92.0 Å². The van der Waals surface area contributed by atoms with Crippen molar-refractivity contribution in [2.75, 3.05) is 19.7 Å². The number of likely N-dealkylation sites (tertiary alicyclic amines) is 1. The zero-order chi connectivity index (χ0) is 17.8. The maximum atomic E-state index is 11.7. The second kappa shape index (κ2) is 7.97. The SMILES string of the molecule is CCn1c(CC2CCN(Cc3cn(CCO)nc3C)CC2)n[nH]c1=O. The third kappa shape index (κ3) is 4.19. The number of aliphatic hydroxyl groups is 1. The molecule has 0 atom stereocenters. The third-order valence-corrected chi connectivity index (χ3v) is 5.10. The van der Waals surface area contributed by atoms with Crippen molar-refractivity contribution >= 4 is 0 Å². The zero-order valence-corrected chi connectivity index (χ0v) is 15.1. The number of hydrogen-bond donors (Lipinski definition) is 2.